The molecule has 1 rings (SSSR count). The zero-order chi connectivity index (χ0) is 17.2. The van der Waals surface area contributed by atoms with E-state index in [1.807, 2.05) is 36.1 Å². The zero-order valence-electron chi connectivity index (χ0n) is 14.4. The molecule has 132 valence electrons. The van der Waals surface area contributed by atoms with Gasteiger partial charge in [-0.25, -0.2) is 0 Å². The first-order chi connectivity index (χ1) is 11.0. The van der Waals surface area contributed by atoms with E-state index < -0.39 is 12.2 Å². The molecule has 0 saturated carbocycles. The van der Waals surface area contributed by atoms with Gasteiger partial charge < -0.3 is 24.4 Å². The lowest BCUT2D eigenvalue weighted by Crippen LogP contribution is -2.42. The fourth-order valence-corrected chi connectivity index (χ4v) is 2.19. The summed E-state index contributed by atoms with van der Waals surface area (Å²) in [4.78, 5) is 1.99. The van der Waals surface area contributed by atoms with Gasteiger partial charge in [0.1, 0.15) is 5.75 Å². The molecule has 2 unspecified atom stereocenters. The quantitative estimate of drug-likeness (QED) is 0.596. The third kappa shape index (κ3) is 7.28. The molecule has 0 spiro atoms. The third-order valence-electron chi connectivity index (χ3n) is 3.58. The lowest BCUT2D eigenvalue weighted by molar-refractivity contribution is -0.122. The van der Waals surface area contributed by atoms with Gasteiger partial charge in [-0.1, -0.05) is 12.1 Å². The molecule has 0 aromatic heterocycles. The number of hydrogen-bond acceptors (Lipinski definition) is 6. The topological polar surface area (TPSA) is 71.4 Å². The molecule has 0 aliphatic heterocycles. The van der Waals surface area contributed by atoms with Crippen molar-refractivity contribution in [3.63, 3.8) is 0 Å². The van der Waals surface area contributed by atoms with E-state index in [9.17, 15) is 10.2 Å². The average molecular weight is 327 g/mol. The number of aliphatic hydroxyl groups excluding tert-OH is 2. The number of hydrogen-bond donors (Lipinski definition) is 2. The van der Waals surface area contributed by atoms with Crippen LogP contribution in [-0.4, -0.2) is 67.5 Å². The maximum Gasteiger partial charge on any atom is 0.169 e. The van der Waals surface area contributed by atoms with Gasteiger partial charge in [-0.2, -0.15) is 0 Å². The fourth-order valence-electron chi connectivity index (χ4n) is 2.19. The van der Waals surface area contributed by atoms with E-state index in [0.717, 1.165) is 11.3 Å². The van der Waals surface area contributed by atoms with Crippen molar-refractivity contribution in [1.82, 2.24) is 4.90 Å². The van der Waals surface area contributed by atoms with Gasteiger partial charge in [0.05, 0.1) is 18.8 Å². The van der Waals surface area contributed by atoms with Crippen molar-refractivity contribution in [2.75, 3.05) is 33.9 Å². The van der Waals surface area contributed by atoms with E-state index in [1.165, 1.54) is 0 Å². The summed E-state index contributed by atoms with van der Waals surface area (Å²) in [5.41, 5.74) is 1.08. The third-order valence-corrected chi connectivity index (χ3v) is 3.58. The van der Waals surface area contributed by atoms with Crippen LogP contribution in [0, 0.1) is 0 Å². The Balaban J connectivity index is 2.73. The molecule has 0 amide bonds. The van der Waals surface area contributed by atoms with Crippen LogP contribution in [0.15, 0.2) is 24.3 Å². The number of rotatable bonds is 11. The fraction of sp³-hybridized carbons (Fsp3) is 0.647. The van der Waals surface area contributed by atoms with Crippen molar-refractivity contribution < 1.29 is 24.4 Å². The summed E-state index contributed by atoms with van der Waals surface area (Å²) in [6, 6.07) is 7.82. The highest BCUT2D eigenvalue weighted by atomic mass is 16.7. The Morgan fingerprint density at radius 1 is 1.04 bits per heavy atom. The molecule has 0 radical (unpaired) electrons. The van der Waals surface area contributed by atoms with Gasteiger partial charge in [0.2, 0.25) is 0 Å². The summed E-state index contributed by atoms with van der Waals surface area (Å²) >= 11 is 0. The van der Waals surface area contributed by atoms with E-state index in [2.05, 4.69) is 0 Å². The van der Waals surface area contributed by atoms with Crippen LogP contribution in [0.3, 0.4) is 0 Å². The Bertz CT molecular complexity index is 415. The second kappa shape index (κ2) is 10.6. The molecule has 2 N–H and O–H groups in total. The molecule has 6 heteroatoms. The Labute approximate surface area is 138 Å². The van der Waals surface area contributed by atoms with Crippen LogP contribution in [0.4, 0.5) is 0 Å². The second-order valence-electron chi connectivity index (χ2n) is 5.48. The first-order valence-electron chi connectivity index (χ1n) is 7.85. The molecule has 0 aliphatic carbocycles. The minimum atomic E-state index is -0.827. The van der Waals surface area contributed by atoms with Gasteiger partial charge in [0.15, 0.2) is 6.29 Å². The summed E-state index contributed by atoms with van der Waals surface area (Å²) < 4.78 is 15.9. The van der Waals surface area contributed by atoms with Crippen LogP contribution >= 0.6 is 0 Å². The van der Waals surface area contributed by atoms with E-state index >= 15 is 0 Å². The van der Waals surface area contributed by atoms with Crippen LogP contribution in [-0.2, 0) is 16.0 Å². The number of nitrogens with zero attached hydrogens (tertiary/aromatic N) is 1. The number of aliphatic hydroxyl groups is 2. The minimum absolute atomic E-state index is 0.327. The first kappa shape index (κ1) is 19.9. The van der Waals surface area contributed by atoms with Gasteiger partial charge in [-0.05, 0) is 31.5 Å². The van der Waals surface area contributed by atoms with Crippen molar-refractivity contribution in [1.29, 1.82) is 0 Å². The van der Waals surface area contributed by atoms with Crippen LogP contribution in [0.5, 0.6) is 5.75 Å². The van der Waals surface area contributed by atoms with Crippen molar-refractivity contribution in [3.8, 4) is 5.75 Å². The first-order valence-corrected chi connectivity index (χ1v) is 7.85. The number of ether oxygens (including phenoxy) is 3. The Morgan fingerprint density at radius 3 is 2.13 bits per heavy atom. The van der Waals surface area contributed by atoms with Crippen molar-refractivity contribution in [2.24, 2.45) is 0 Å². The Hall–Kier alpha value is -1.18. The molecule has 0 saturated heterocycles. The summed E-state index contributed by atoms with van der Waals surface area (Å²) in [7, 11) is 3.16. The van der Waals surface area contributed by atoms with Crippen LogP contribution < -0.4 is 4.74 Å². The van der Waals surface area contributed by atoms with Crippen molar-refractivity contribution in [2.45, 2.75) is 38.9 Å². The lowest BCUT2D eigenvalue weighted by Gasteiger charge is -2.29. The smallest absolute Gasteiger partial charge is 0.169 e. The molecule has 0 heterocycles. The average Bonchev–Trinajstić information content (AvgIpc) is 2.54. The van der Waals surface area contributed by atoms with Gasteiger partial charge in [-0.3, -0.25) is 4.90 Å². The standard InChI is InChI=1S/C17H29NO5/c1-5-23-15-8-6-14(7-9-15)10-18(11-16(20)13(2)19)12-17(21-3)22-4/h6-9,13,16-17,19-20H,5,10-12H2,1-4H3. The normalized spacial score (nSPS) is 14.3. The lowest BCUT2D eigenvalue weighted by atomic mass is 10.1. The summed E-state index contributed by atoms with van der Waals surface area (Å²) in [6.45, 7) is 5.58. The van der Waals surface area contributed by atoms with Gasteiger partial charge in [-0.15, -0.1) is 0 Å². The molecule has 0 fully saturated rings. The van der Waals surface area contributed by atoms with Gasteiger partial charge >= 0.3 is 0 Å². The predicted octanol–water partition coefficient (Wildman–Crippen LogP) is 1.25. The van der Waals surface area contributed by atoms with Gasteiger partial charge in [0, 0.05) is 33.9 Å². The van der Waals surface area contributed by atoms with Gasteiger partial charge in [0.25, 0.3) is 0 Å². The number of benzene rings is 1. The Kier molecular flexibility index (Phi) is 9.13. The molecule has 2 atom stereocenters. The highest BCUT2D eigenvalue weighted by molar-refractivity contribution is 5.27. The van der Waals surface area contributed by atoms with E-state index in [0.29, 0.717) is 26.2 Å². The van der Waals surface area contributed by atoms with Crippen molar-refractivity contribution in [3.05, 3.63) is 29.8 Å². The molecule has 0 aliphatic rings. The zero-order valence-corrected chi connectivity index (χ0v) is 14.4. The Morgan fingerprint density at radius 2 is 1.65 bits per heavy atom. The highest BCUT2D eigenvalue weighted by Gasteiger charge is 2.19. The number of methoxy groups -OCH3 is 2. The molecule has 23 heavy (non-hydrogen) atoms. The van der Waals surface area contributed by atoms with Crippen molar-refractivity contribution >= 4 is 0 Å². The minimum Gasteiger partial charge on any atom is -0.494 e. The maximum absolute atomic E-state index is 9.95. The largest absolute Gasteiger partial charge is 0.494 e. The van der Waals surface area contributed by atoms with Crippen LogP contribution in [0.2, 0.25) is 0 Å². The summed E-state index contributed by atoms with van der Waals surface area (Å²) in [6.07, 6.45) is -2.01. The SMILES string of the molecule is CCOc1ccc(CN(CC(OC)OC)CC(O)C(C)O)cc1. The monoisotopic (exact) mass is 327 g/mol. The van der Waals surface area contributed by atoms with Crippen LogP contribution in [0.1, 0.15) is 19.4 Å². The van der Waals surface area contributed by atoms with E-state index in [1.54, 1.807) is 21.1 Å². The molecule has 6 nitrogen and oxygen atoms in total. The molecular formula is C17H29NO5. The molecule has 1 aromatic rings. The van der Waals surface area contributed by atoms with E-state index in [4.69, 9.17) is 14.2 Å². The van der Waals surface area contributed by atoms with Crippen LogP contribution in [0.25, 0.3) is 0 Å². The molecular weight excluding hydrogens is 298 g/mol. The molecule has 0 bridgehead atoms. The highest BCUT2D eigenvalue weighted by Crippen LogP contribution is 2.15. The summed E-state index contributed by atoms with van der Waals surface area (Å²) in [5.74, 6) is 0.832. The maximum atomic E-state index is 9.95. The second-order valence-corrected chi connectivity index (χ2v) is 5.48. The summed E-state index contributed by atoms with van der Waals surface area (Å²) in [5, 5.41) is 19.5. The predicted molar refractivity (Wildman–Crippen MR) is 88.4 cm³/mol. The molecule has 1 aromatic carbocycles. The van der Waals surface area contributed by atoms with E-state index in [-0.39, 0.29) is 6.29 Å².